The number of hydrogen-bond acceptors (Lipinski definition) is 4. The Bertz CT molecular complexity index is 755. The van der Waals surface area contributed by atoms with E-state index in [9.17, 15) is 8.42 Å². The zero-order chi connectivity index (χ0) is 15.8. The van der Waals surface area contributed by atoms with Crippen molar-refractivity contribution in [2.24, 2.45) is 7.05 Å². The number of hydrogen-bond donors (Lipinski definition) is 2. The highest BCUT2D eigenvalue weighted by Gasteiger charge is 2.21. The summed E-state index contributed by atoms with van der Waals surface area (Å²) >= 11 is 0. The number of benzene rings is 1. The summed E-state index contributed by atoms with van der Waals surface area (Å²) in [5.41, 5.74) is 3.05. The number of sulfonamides is 1. The Balaban J connectivity index is 2.47. The average molecular weight is 308 g/mol. The molecule has 0 saturated heterocycles. The van der Waals surface area contributed by atoms with Gasteiger partial charge in [0.2, 0.25) is 0 Å². The Kier molecular flexibility index (Phi) is 3.95. The zero-order valence-corrected chi connectivity index (χ0v) is 13.7. The van der Waals surface area contributed by atoms with Crippen molar-refractivity contribution in [1.82, 2.24) is 9.78 Å². The lowest BCUT2D eigenvalue weighted by atomic mass is 10.1. The van der Waals surface area contributed by atoms with Crippen LogP contribution in [0.4, 0.5) is 11.5 Å². The van der Waals surface area contributed by atoms with Gasteiger partial charge in [-0.05, 0) is 44.0 Å². The van der Waals surface area contributed by atoms with Gasteiger partial charge in [0.15, 0.2) is 0 Å². The molecule has 0 aliphatic heterocycles. The molecule has 0 atom stereocenters. The summed E-state index contributed by atoms with van der Waals surface area (Å²) in [6.07, 6.45) is 0. The number of aromatic nitrogens is 2. The van der Waals surface area contributed by atoms with E-state index in [2.05, 4.69) is 15.1 Å². The van der Waals surface area contributed by atoms with E-state index in [0.29, 0.717) is 21.8 Å². The molecule has 1 heterocycles. The molecule has 0 fully saturated rings. The monoisotopic (exact) mass is 308 g/mol. The molecule has 2 rings (SSSR count). The van der Waals surface area contributed by atoms with Gasteiger partial charge >= 0.3 is 0 Å². The molecule has 0 spiro atoms. The van der Waals surface area contributed by atoms with E-state index in [-0.39, 0.29) is 0 Å². The predicted octanol–water partition coefficient (Wildman–Crippen LogP) is 2.19. The van der Waals surface area contributed by atoms with Crippen LogP contribution in [0.2, 0.25) is 0 Å². The maximum atomic E-state index is 12.6. The second-order valence-corrected chi connectivity index (χ2v) is 6.71. The van der Waals surface area contributed by atoms with Gasteiger partial charge in [0, 0.05) is 25.8 Å². The Morgan fingerprint density at radius 1 is 1.10 bits per heavy atom. The number of aryl methyl sites for hydroxylation is 4. The molecule has 0 radical (unpaired) electrons. The van der Waals surface area contributed by atoms with Gasteiger partial charge in [-0.15, -0.1) is 0 Å². The highest BCUT2D eigenvalue weighted by atomic mass is 32.2. The van der Waals surface area contributed by atoms with Gasteiger partial charge in [-0.1, -0.05) is 0 Å². The molecule has 0 unspecified atom stereocenters. The van der Waals surface area contributed by atoms with E-state index in [1.54, 1.807) is 34.0 Å². The molecule has 114 valence electrons. The SMILES string of the molecule is CNc1cc(C)c(S(=O)(=O)Nc2cc(C)nn2C)c(C)c1. The third kappa shape index (κ3) is 3.02. The number of nitrogens with zero attached hydrogens (tertiary/aromatic N) is 2. The molecule has 21 heavy (non-hydrogen) atoms. The molecule has 0 bridgehead atoms. The number of nitrogens with one attached hydrogen (secondary N) is 2. The van der Waals surface area contributed by atoms with E-state index < -0.39 is 10.0 Å². The van der Waals surface area contributed by atoms with Crippen molar-refractivity contribution in [2.45, 2.75) is 25.7 Å². The first kappa shape index (κ1) is 15.4. The fourth-order valence-electron chi connectivity index (χ4n) is 2.41. The van der Waals surface area contributed by atoms with Crippen LogP contribution in [0.3, 0.4) is 0 Å². The van der Waals surface area contributed by atoms with Crippen molar-refractivity contribution >= 4 is 21.5 Å². The standard InChI is InChI=1S/C14H20N4O2S/c1-9-6-12(15-4)7-10(2)14(9)21(19,20)17-13-8-11(3)16-18(13)5/h6-8,15,17H,1-5H3. The van der Waals surface area contributed by atoms with E-state index in [1.165, 1.54) is 4.68 Å². The smallest absolute Gasteiger partial charge is 0.263 e. The lowest BCUT2D eigenvalue weighted by Gasteiger charge is -2.14. The van der Waals surface area contributed by atoms with Gasteiger partial charge in [0.05, 0.1) is 10.6 Å². The van der Waals surface area contributed by atoms with Gasteiger partial charge < -0.3 is 5.32 Å². The predicted molar refractivity (Wildman–Crippen MR) is 84.2 cm³/mol. The van der Waals surface area contributed by atoms with Crippen LogP contribution >= 0.6 is 0 Å². The lowest BCUT2D eigenvalue weighted by Crippen LogP contribution is -2.17. The van der Waals surface area contributed by atoms with Crippen LogP contribution in [0, 0.1) is 20.8 Å². The van der Waals surface area contributed by atoms with Crippen LogP contribution in [-0.4, -0.2) is 25.2 Å². The van der Waals surface area contributed by atoms with Crippen LogP contribution < -0.4 is 10.0 Å². The van der Waals surface area contributed by atoms with Crippen LogP contribution in [0.25, 0.3) is 0 Å². The first-order valence-corrected chi connectivity index (χ1v) is 8.05. The second kappa shape index (κ2) is 5.40. The highest BCUT2D eigenvalue weighted by Crippen LogP contribution is 2.26. The van der Waals surface area contributed by atoms with Crippen molar-refractivity contribution in [3.63, 3.8) is 0 Å². The highest BCUT2D eigenvalue weighted by molar-refractivity contribution is 7.92. The molecule has 6 nitrogen and oxygen atoms in total. The van der Waals surface area contributed by atoms with Gasteiger partial charge in [0.1, 0.15) is 5.82 Å². The van der Waals surface area contributed by atoms with Crippen LogP contribution in [0.15, 0.2) is 23.1 Å². The van der Waals surface area contributed by atoms with Gasteiger partial charge in [-0.2, -0.15) is 5.10 Å². The van der Waals surface area contributed by atoms with Crippen molar-refractivity contribution in [2.75, 3.05) is 17.1 Å². The summed E-state index contributed by atoms with van der Waals surface area (Å²) in [6, 6.07) is 5.33. The minimum absolute atomic E-state index is 0.306. The molecule has 2 N–H and O–H groups in total. The van der Waals surface area contributed by atoms with Crippen molar-refractivity contribution in [1.29, 1.82) is 0 Å². The minimum Gasteiger partial charge on any atom is -0.388 e. The Labute approximate surface area is 125 Å². The Hall–Kier alpha value is -2.02. The molecule has 1 aromatic carbocycles. The molecule has 0 aliphatic rings. The van der Waals surface area contributed by atoms with Crippen molar-refractivity contribution in [3.05, 3.63) is 35.0 Å². The number of anilines is 2. The quantitative estimate of drug-likeness (QED) is 0.908. The Morgan fingerprint density at radius 2 is 1.67 bits per heavy atom. The summed E-state index contributed by atoms with van der Waals surface area (Å²) in [5, 5.41) is 7.16. The molecule has 2 aromatic rings. The first-order chi connectivity index (χ1) is 9.74. The third-order valence-corrected chi connectivity index (χ3v) is 4.92. The number of rotatable bonds is 4. The van der Waals surface area contributed by atoms with Crippen molar-refractivity contribution in [3.8, 4) is 0 Å². The van der Waals surface area contributed by atoms with Gasteiger partial charge in [0.25, 0.3) is 10.0 Å². The maximum absolute atomic E-state index is 12.6. The summed E-state index contributed by atoms with van der Waals surface area (Å²) in [7, 11) is -0.140. The molecule has 0 saturated carbocycles. The van der Waals surface area contributed by atoms with Crippen LogP contribution in [0.1, 0.15) is 16.8 Å². The first-order valence-electron chi connectivity index (χ1n) is 6.57. The van der Waals surface area contributed by atoms with E-state index in [1.807, 2.05) is 19.1 Å². The summed E-state index contributed by atoms with van der Waals surface area (Å²) < 4.78 is 29.4. The molecule has 0 amide bonds. The van der Waals surface area contributed by atoms with E-state index >= 15 is 0 Å². The molecule has 7 heteroatoms. The van der Waals surface area contributed by atoms with Crippen molar-refractivity contribution < 1.29 is 8.42 Å². The van der Waals surface area contributed by atoms with Gasteiger partial charge in [-0.25, -0.2) is 8.42 Å². The topological polar surface area (TPSA) is 76.0 Å². The fraction of sp³-hybridized carbons (Fsp3) is 0.357. The van der Waals surface area contributed by atoms with Crippen LogP contribution in [-0.2, 0) is 17.1 Å². The van der Waals surface area contributed by atoms with Crippen LogP contribution in [0.5, 0.6) is 0 Å². The van der Waals surface area contributed by atoms with E-state index in [0.717, 1.165) is 11.4 Å². The average Bonchev–Trinajstić information content (AvgIpc) is 2.65. The lowest BCUT2D eigenvalue weighted by molar-refractivity contribution is 0.599. The molecule has 1 aromatic heterocycles. The maximum Gasteiger partial charge on any atom is 0.263 e. The second-order valence-electron chi connectivity index (χ2n) is 5.09. The molecular weight excluding hydrogens is 288 g/mol. The fourth-order valence-corrected chi connectivity index (χ4v) is 3.95. The molecule has 0 aliphatic carbocycles. The van der Waals surface area contributed by atoms with E-state index in [4.69, 9.17) is 0 Å². The Morgan fingerprint density at radius 3 is 2.10 bits per heavy atom. The summed E-state index contributed by atoms with van der Waals surface area (Å²) in [6.45, 7) is 5.39. The minimum atomic E-state index is -3.65. The van der Waals surface area contributed by atoms with Gasteiger partial charge in [-0.3, -0.25) is 9.40 Å². The largest absolute Gasteiger partial charge is 0.388 e. The third-order valence-electron chi connectivity index (χ3n) is 3.26. The summed E-state index contributed by atoms with van der Waals surface area (Å²) in [5.74, 6) is 0.448. The normalized spacial score (nSPS) is 11.5. The molecular formula is C14H20N4O2S. The summed E-state index contributed by atoms with van der Waals surface area (Å²) in [4.78, 5) is 0.306. The zero-order valence-electron chi connectivity index (χ0n) is 12.9.